The summed E-state index contributed by atoms with van der Waals surface area (Å²) in [5.74, 6) is -7.95. The number of fused-ring (bicyclic) bond motifs is 5. The van der Waals surface area contributed by atoms with E-state index in [0.717, 1.165) is 54.5 Å². The van der Waals surface area contributed by atoms with E-state index in [9.17, 15) is 45.0 Å². The molecule has 0 radical (unpaired) electrons. The molecule has 1 aromatic heterocycles. The quantitative estimate of drug-likeness (QED) is 0.0801. The van der Waals surface area contributed by atoms with Gasteiger partial charge in [0.1, 0.15) is 23.0 Å². The summed E-state index contributed by atoms with van der Waals surface area (Å²) in [6, 6.07) is 0. The second kappa shape index (κ2) is 18.8. The standard InChI is InChI=1S/C25H34N2O5S.C20H25BrO6.C5H12N2S.C2H6O/c1-5-6-9-26-21-27-17-14(33-21)10-22(3,4)16-20(30)25(31)24-15(23(16,17)11-32-25)8-7-13(19(24)29)12(2)18(24)28;1-8-9-4-5-11-18-7-27-20(26,19(11,13(8)22)14(9)23)16(25)12(18)17(2,3)6-10(21)15(18)24;1-2-3-4-7-5(6)8;1-2-3/h13,15-16,19-20,29-31H,2,5-11H2,1,3-4H3,(H,26,27);9-12,14,16,23,25-26H,1,4-7H2,2-3H3;2-4H2,1H3,(H3,6,7,8);3H,2H2,1H3/t13-,15-,16+,19+,20-,23-,24-,25-;9-,10?,11-,12+,14+,16-,18-,19-,20-;;/m00../s1. The van der Waals surface area contributed by atoms with E-state index in [1.54, 1.807) is 18.3 Å². The van der Waals surface area contributed by atoms with Crippen molar-refractivity contribution in [2.75, 3.05) is 38.2 Å². The highest BCUT2D eigenvalue weighted by Crippen LogP contribution is 2.78. The SMILES string of the molecule is C=C1C(=O)[C@]23[C@H](O)[C@H]1CC[C@H]2[C@@]12CO[C@@]3(O)[C@@H](O)[C@@H]1C(C)(C)CC(Br)C2=O.C=C1C(=O)[C@]23[C@H](O)[C@H]1CC[C@H]2[C@@]12CO[C@@]3(O)[C@@H](O)[C@@H]1C(C)(C)Cc1sc(NCCCC)nc12.CCCCNC(N)=S.CCO. The molecule has 4 spiro atoms. The molecule has 13 rings (SSSR count). The van der Waals surface area contributed by atoms with Gasteiger partial charge in [-0.2, -0.15) is 0 Å². The lowest BCUT2D eigenvalue weighted by Gasteiger charge is -2.73. The Kier molecular flexibility index (Phi) is 14.5. The average molecular weight is 1090 g/mol. The molecule has 5 heterocycles. The number of ether oxygens (including phenoxy) is 2. The van der Waals surface area contributed by atoms with Crippen molar-refractivity contribution >= 4 is 67.1 Å². The van der Waals surface area contributed by atoms with Crippen molar-refractivity contribution < 1.29 is 59.6 Å². The molecule has 4 saturated heterocycles. The van der Waals surface area contributed by atoms with Crippen molar-refractivity contribution in [2.24, 2.45) is 68.3 Å². The number of nitrogens with one attached hydrogen (secondary N) is 2. The predicted molar refractivity (Wildman–Crippen MR) is 274 cm³/mol. The van der Waals surface area contributed by atoms with Crippen LogP contribution in [0.4, 0.5) is 5.13 Å². The van der Waals surface area contributed by atoms with E-state index in [-0.39, 0.29) is 54.2 Å². The third-order valence-electron chi connectivity index (χ3n) is 19.1. The Morgan fingerprint density at radius 3 is 1.75 bits per heavy atom. The Bertz CT molecular complexity index is 2350. The molecule has 4 aliphatic heterocycles. The first-order valence-electron chi connectivity index (χ1n) is 25.7. The van der Waals surface area contributed by atoms with Crippen LogP contribution in [0.5, 0.6) is 0 Å². The molecule has 12 aliphatic rings. The second-order valence-electron chi connectivity index (χ2n) is 23.4. The summed E-state index contributed by atoms with van der Waals surface area (Å²) in [6.45, 7) is 24.2. The number of nitrogens with two attached hydrogens (primary N) is 1. The van der Waals surface area contributed by atoms with E-state index in [0.29, 0.717) is 42.8 Å². The zero-order valence-corrected chi connectivity index (χ0v) is 45.5. The number of nitrogens with zero attached hydrogens (tertiary/aromatic N) is 1. The van der Waals surface area contributed by atoms with Crippen LogP contribution in [-0.4, -0.2) is 137 Å². The van der Waals surface area contributed by atoms with E-state index >= 15 is 0 Å². The van der Waals surface area contributed by atoms with Gasteiger partial charge in [-0.3, -0.25) is 14.4 Å². The van der Waals surface area contributed by atoms with Gasteiger partial charge >= 0.3 is 0 Å². The summed E-state index contributed by atoms with van der Waals surface area (Å²) in [5.41, 5.74) is 0.652. The third kappa shape index (κ3) is 7.05. The lowest BCUT2D eigenvalue weighted by molar-refractivity contribution is -0.437. The number of halogens is 1. The molecule has 8 bridgehead atoms. The van der Waals surface area contributed by atoms with Crippen molar-refractivity contribution in [1.82, 2.24) is 10.3 Å². The number of hydrogen-bond donors (Lipinski definition) is 10. The summed E-state index contributed by atoms with van der Waals surface area (Å²) in [7, 11) is 0. The molecule has 7 saturated carbocycles. The lowest BCUT2D eigenvalue weighted by Crippen LogP contribution is -2.85. The number of carbonyl (C=O) groups excluding carboxylic acids is 3. The Balaban J connectivity index is 0.000000160. The summed E-state index contributed by atoms with van der Waals surface area (Å²) < 4.78 is 11.9. The molecular formula is C52H77BrN4O12S2. The van der Waals surface area contributed by atoms with Gasteiger partial charge in [0, 0.05) is 53.7 Å². The van der Waals surface area contributed by atoms with Crippen LogP contribution in [0.3, 0.4) is 0 Å². The molecule has 1 unspecified atom stereocenters. The van der Waals surface area contributed by atoms with Gasteiger partial charge in [-0.15, -0.1) is 11.3 Å². The number of rotatable bonds is 7. The number of hydrogen-bond acceptors (Lipinski definition) is 16. The monoisotopic (exact) mass is 1090 g/mol. The number of Topliss-reactive ketones (excluding diaryl/α,β-unsaturated/α-hetero) is 3. The van der Waals surface area contributed by atoms with Crippen LogP contribution < -0.4 is 16.4 Å². The number of carbonyl (C=O) groups is 3. The first-order chi connectivity index (χ1) is 33.2. The summed E-state index contributed by atoms with van der Waals surface area (Å²) in [5, 5.41) is 84.4. The molecule has 17 atom stereocenters. The van der Waals surface area contributed by atoms with Gasteiger partial charge in [0.2, 0.25) is 11.6 Å². The number of aliphatic hydroxyl groups excluding tert-OH is 5. The Morgan fingerprint density at radius 2 is 1.25 bits per heavy atom. The van der Waals surface area contributed by atoms with Gasteiger partial charge in [-0.05, 0) is 104 Å². The average Bonchev–Trinajstić information content (AvgIpc) is 3.77. The minimum Gasteiger partial charge on any atom is -0.397 e. The topological polar surface area (TPSA) is 274 Å². The minimum absolute atomic E-state index is 0.0425. The van der Waals surface area contributed by atoms with Gasteiger partial charge in [-0.1, -0.05) is 83.5 Å². The molecule has 16 nitrogen and oxygen atoms in total. The van der Waals surface area contributed by atoms with Crippen LogP contribution in [0.15, 0.2) is 24.3 Å². The second-order valence-corrected chi connectivity index (χ2v) is 26.1. The molecule has 11 fully saturated rings. The number of thiazole rings is 1. The maximum Gasteiger partial charge on any atom is 0.208 e. The van der Waals surface area contributed by atoms with Crippen LogP contribution in [0, 0.1) is 62.6 Å². The largest absolute Gasteiger partial charge is 0.397 e. The number of ketones is 3. The van der Waals surface area contributed by atoms with Gasteiger partial charge in [0.25, 0.3) is 0 Å². The van der Waals surface area contributed by atoms with Gasteiger partial charge in [0.15, 0.2) is 27.6 Å². The summed E-state index contributed by atoms with van der Waals surface area (Å²) in [4.78, 5) is 46.5. The number of aromatic nitrogens is 1. The first kappa shape index (κ1) is 55.0. The van der Waals surface area contributed by atoms with Gasteiger partial charge in [-0.25, -0.2) is 4.98 Å². The van der Waals surface area contributed by atoms with Crippen LogP contribution in [-0.2, 0) is 35.7 Å². The fraction of sp³-hybridized carbons (Fsp3) is 0.788. The maximum absolute atomic E-state index is 13.8. The van der Waals surface area contributed by atoms with E-state index in [4.69, 9.17) is 25.3 Å². The Morgan fingerprint density at radius 1 is 0.789 bits per heavy atom. The highest BCUT2D eigenvalue weighted by atomic mass is 79.9. The third-order valence-corrected chi connectivity index (χ3v) is 21.0. The first-order valence-corrected chi connectivity index (χ1v) is 27.9. The molecule has 1 aromatic rings. The summed E-state index contributed by atoms with van der Waals surface area (Å²) in [6.07, 6.45) is 2.99. The van der Waals surface area contributed by atoms with Crippen LogP contribution in [0.1, 0.15) is 117 Å². The molecule has 8 aliphatic carbocycles. The van der Waals surface area contributed by atoms with E-state index in [1.807, 2.05) is 13.8 Å². The number of alkyl halides is 1. The minimum atomic E-state index is -2.21. The smallest absolute Gasteiger partial charge is 0.208 e. The number of anilines is 1. The van der Waals surface area contributed by atoms with Crippen molar-refractivity contribution in [3.8, 4) is 0 Å². The maximum atomic E-state index is 13.8. The van der Waals surface area contributed by atoms with Crippen molar-refractivity contribution in [3.05, 3.63) is 34.9 Å². The van der Waals surface area contributed by atoms with Crippen LogP contribution in [0.25, 0.3) is 0 Å². The van der Waals surface area contributed by atoms with Crippen molar-refractivity contribution in [2.45, 2.75) is 159 Å². The normalized spacial score (nSPS) is 45.1. The summed E-state index contributed by atoms with van der Waals surface area (Å²) >= 11 is 9.73. The van der Waals surface area contributed by atoms with Gasteiger partial charge in [0.05, 0.1) is 41.4 Å². The fourth-order valence-corrected chi connectivity index (χ4v) is 19.3. The molecule has 11 N–H and O–H groups in total. The fourth-order valence-electron chi connectivity index (χ4n) is 16.7. The molecule has 71 heavy (non-hydrogen) atoms. The predicted octanol–water partition coefficient (Wildman–Crippen LogP) is 3.97. The molecular weight excluding hydrogens is 1020 g/mol. The Labute approximate surface area is 435 Å². The van der Waals surface area contributed by atoms with Crippen molar-refractivity contribution in [1.29, 1.82) is 0 Å². The number of unbranched alkanes of at least 4 members (excludes halogenated alkanes) is 2. The zero-order valence-electron chi connectivity index (χ0n) is 42.3. The molecule has 0 amide bonds. The highest BCUT2D eigenvalue weighted by molar-refractivity contribution is 9.10. The van der Waals surface area contributed by atoms with E-state index in [1.165, 1.54) is 6.42 Å². The molecule has 396 valence electrons. The van der Waals surface area contributed by atoms with E-state index < -0.39 is 97.3 Å². The number of aliphatic hydroxyl groups is 7. The van der Waals surface area contributed by atoms with Crippen LogP contribution >= 0.6 is 39.5 Å². The molecule has 0 aromatic carbocycles. The molecule has 19 heteroatoms. The number of thiocarbonyl (C=S) groups is 1. The van der Waals surface area contributed by atoms with Crippen LogP contribution in [0.2, 0.25) is 0 Å². The zero-order chi connectivity index (χ0) is 52.4. The Hall–Kier alpha value is -2.27. The highest BCUT2D eigenvalue weighted by Gasteiger charge is 2.89. The van der Waals surface area contributed by atoms with Gasteiger partial charge < -0.3 is 61.6 Å². The lowest BCUT2D eigenvalue weighted by atomic mass is 9.36. The van der Waals surface area contributed by atoms with E-state index in [2.05, 4.69) is 79.6 Å². The van der Waals surface area contributed by atoms with Crippen molar-refractivity contribution in [3.63, 3.8) is 0 Å².